The van der Waals surface area contributed by atoms with Gasteiger partial charge in [0, 0.05) is 31.7 Å². The Morgan fingerprint density at radius 2 is 2.00 bits per heavy atom. The van der Waals surface area contributed by atoms with Crippen molar-refractivity contribution in [3.05, 3.63) is 47.7 Å². The smallest absolute Gasteiger partial charge is 0.259 e. The number of hydrogen-bond acceptors (Lipinski definition) is 4. The number of carbonyl (C=O) groups excluding carboxylic acids is 2. The standard InChI is InChI=1S/C18H21N5O2/c1-18(21-16(24)13-6-3-2-4-7-13)11-22(12-18)17(25)14-10-20-23-9-5-8-19-15(14)23/h2-4,6-7,10,19H,5,8-9,11-12H2,1H3,(H,21,24). The number of benzene rings is 1. The predicted octanol–water partition coefficient (Wildman–Crippen LogP) is 1.34. The number of rotatable bonds is 3. The fourth-order valence-corrected chi connectivity index (χ4v) is 3.46. The van der Waals surface area contributed by atoms with Crippen molar-refractivity contribution in [1.29, 1.82) is 0 Å². The number of fused-ring (bicyclic) bond motifs is 1. The molecule has 2 aromatic rings. The molecule has 2 N–H and O–H groups in total. The Morgan fingerprint density at radius 3 is 2.76 bits per heavy atom. The van der Waals surface area contributed by atoms with Crippen LogP contribution >= 0.6 is 0 Å². The maximum Gasteiger partial charge on any atom is 0.259 e. The van der Waals surface area contributed by atoms with Crippen molar-refractivity contribution in [2.75, 3.05) is 25.0 Å². The first-order valence-electron chi connectivity index (χ1n) is 8.52. The number of nitrogens with one attached hydrogen (secondary N) is 2. The highest BCUT2D eigenvalue weighted by Crippen LogP contribution is 2.27. The summed E-state index contributed by atoms with van der Waals surface area (Å²) in [5.74, 6) is 0.653. The second-order valence-corrected chi connectivity index (χ2v) is 6.95. The molecule has 130 valence electrons. The molecule has 2 aliphatic heterocycles. The quantitative estimate of drug-likeness (QED) is 0.885. The molecule has 3 heterocycles. The van der Waals surface area contributed by atoms with Gasteiger partial charge in [0.2, 0.25) is 0 Å². The van der Waals surface area contributed by atoms with Gasteiger partial charge in [-0.25, -0.2) is 4.68 Å². The number of nitrogens with zero attached hydrogens (tertiary/aromatic N) is 3. The summed E-state index contributed by atoms with van der Waals surface area (Å²) < 4.78 is 1.84. The van der Waals surface area contributed by atoms with Crippen LogP contribution in [0.25, 0.3) is 0 Å². The van der Waals surface area contributed by atoms with Gasteiger partial charge in [-0.2, -0.15) is 5.10 Å². The lowest BCUT2D eigenvalue weighted by Crippen LogP contribution is -2.69. The van der Waals surface area contributed by atoms with Crippen LogP contribution in [0.15, 0.2) is 36.5 Å². The Labute approximate surface area is 146 Å². The van der Waals surface area contributed by atoms with E-state index in [-0.39, 0.29) is 11.8 Å². The predicted molar refractivity (Wildman–Crippen MR) is 93.6 cm³/mol. The number of likely N-dealkylation sites (tertiary alicyclic amines) is 1. The van der Waals surface area contributed by atoms with E-state index in [2.05, 4.69) is 15.7 Å². The number of aromatic nitrogens is 2. The molecule has 7 heteroatoms. The van der Waals surface area contributed by atoms with E-state index in [4.69, 9.17) is 0 Å². The van der Waals surface area contributed by atoms with Crippen LogP contribution in [0.1, 0.15) is 34.1 Å². The molecule has 1 saturated heterocycles. The first-order valence-corrected chi connectivity index (χ1v) is 8.52. The summed E-state index contributed by atoms with van der Waals surface area (Å²) >= 11 is 0. The van der Waals surface area contributed by atoms with Crippen molar-refractivity contribution >= 4 is 17.6 Å². The maximum atomic E-state index is 12.7. The molecule has 1 fully saturated rings. The minimum absolute atomic E-state index is 0.0397. The third-order valence-electron chi connectivity index (χ3n) is 4.73. The van der Waals surface area contributed by atoms with Crippen molar-refractivity contribution < 1.29 is 9.59 Å². The van der Waals surface area contributed by atoms with E-state index in [1.165, 1.54) is 0 Å². The van der Waals surface area contributed by atoms with E-state index in [0.29, 0.717) is 24.2 Å². The van der Waals surface area contributed by atoms with Crippen LogP contribution in [-0.2, 0) is 6.54 Å². The molecule has 2 amide bonds. The average molecular weight is 339 g/mol. The van der Waals surface area contributed by atoms with E-state index in [0.717, 1.165) is 25.3 Å². The summed E-state index contributed by atoms with van der Waals surface area (Å²) in [5.41, 5.74) is 0.836. The Hall–Kier alpha value is -2.83. The summed E-state index contributed by atoms with van der Waals surface area (Å²) in [5, 5.41) is 10.6. The molecule has 25 heavy (non-hydrogen) atoms. The van der Waals surface area contributed by atoms with Crippen LogP contribution in [0.5, 0.6) is 0 Å². The summed E-state index contributed by atoms with van der Waals surface area (Å²) in [6.45, 7) is 4.64. The average Bonchev–Trinajstić information content (AvgIpc) is 3.04. The molecule has 2 aliphatic rings. The molecule has 0 spiro atoms. The lowest BCUT2D eigenvalue weighted by molar-refractivity contribution is 0.0332. The minimum Gasteiger partial charge on any atom is -0.370 e. The lowest BCUT2D eigenvalue weighted by atomic mass is 9.91. The number of hydrogen-bond donors (Lipinski definition) is 2. The van der Waals surface area contributed by atoms with Crippen molar-refractivity contribution in [3.8, 4) is 0 Å². The van der Waals surface area contributed by atoms with Gasteiger partial charge in [0.1, 0.15) is 11.4 Å². The second-order valence-electron chi connectivity index (χ2n) is 6.95. The molecule has 0 atom stereocenters. The number of aryl methyl sites for hydroxylation is 1. The molecular formula is C18H21N5O2. The molecule has 4 rings (SSSR count). The molecule has 1 aromatic heterocycles. The van der Waals surface area contributed by atoms with Crippen LogP contribution < -0.4 is 10.6 Å². The summed E-state index contributed by atoms with van der Waals surface area (Å²) in [7, 11) is 0. The van der Waals surface area contributed by atoms with Gasteiger partial charge in [-0.1, -0.05) is 18.2 Å². The number of carbonyl (C=O) groups is 2. The van der Waals surface area contributed by atoms with Gasteiger partial charge in [0.25, 0.3) is 11.8 Å². The Bertz CT molecular complexity index is 808. The second kappa shape index (κ2) is 5.91. The third kappa shape index (κ3) is 2.86. The minimum atomic E-state index is -0.400. The first-order chi connectivity index (χ1) is 12.1. The molecule has 7 nitrogen and oxygen atoms in total. The van der Waals surface area contributed by atoms with Crippen molar-refractivity contribution in [2.24, 2.45) is 0 Å². The van der Waals surface area contributed by atoms with Gasteiger partial charge in [0.05, 0.1) is 11.7 Å². The van der Waals surface area contributed by atoms with Crippen LogP contribution in [0.2, 0.25) is 0 Å². The highest BCUT2D eigenvalue weighted by atomic mass is 16.2. The topological polar surface area (TPSA) is 79.3 Å². The molecule has 0 saturated carbocycles. The molecule has 0 radical (unpaired) electrons. The normalized spacial score (nSPS) is 17.9. The fourth-order valence-electron chi connectivity index (χ4n) is 3.46. The monoisotopic (exact) mass is 339 g/mol. The van der Waals surface area contributed by atoms with Crippen molar-refractivity contribution in [3.63, 3.8) is 0 Å². The van der Waals surface area contributed by atoms with E-state index in [9.17, 15) is 9.59 Å². The zero-order valence-corrected chi connectivity index (χ0v) is 14.2. The fraction of sp³-hybridized carbons (Fsp3) is 0.389. The number of amides is 2. The Morgan fingerprint density at radius 1 is 1.24 bits per heavy atom. The molecule has 0 bridgehead atoms. The first kappa shape index (κ1) is 15.7. The van der Waals surface area contributed by atoms with Gasteiger partial charge in [-0.3, -0.25) is 9.59 Å². The van der Waals surface area contributed by atoms with Gasteiger partial charge < -0.3 is 15.5 Å². The van der Waals surface area contributed by atoms with Crippen molar-refractivity contribution in [2.45, 2.75) is 25.4 Å². The van der Waals surface area contributed by atoms with E-state index >= 15 is 0 Å². The van der Waals surface area contributed by atoms with Crippen LogP contribution in [0.4, 0.5) is 5.82 Å². The highest BCUT2D eigenvalue weighted by molar-refractivity contribution is 6.00. The van der Waals surface area contributed by atoms with Crippen LogP contribution in [0, 0.1) is 0 Å². The summed E-state index contributed by atoms with van der Waals surface area (Å²) in [6, 6.07) is 9.12. The van der Waals surface area contributed by atoms with E-state index in [1.54, 1.807) is 23.2 Å². The Kier molecular flexibility index (Phi) is 3.71. The number of anilines is 1. The van der Waals surface area contributed by atoms with E-state index in [1.807, 2.05) is 29.8 Å². The third-order valence-corrected chi connectivity index (χ3v) is 4.73. The largest absolute Gasteiger partial charge is 0.370 e. The van der Waals surface area contributed by atoms with E-state index < -0.39 is 5.54 Å². The van der Waals surface area contributed by atoms with Gasteiger partial charge in [-0.05, 0) is 25.5 Å². The zero-order valence-electron chi connectivity index (χ0n) is 14.2. The SMILES string of the molecule is CC1(NC(=O)c2ccccc2)CN(C(=O)c2cnn3c2NCCC3)C1. The van der Waals surface area contributed by atoms with Crippen LogP contribution in [0.3, 0.4) is 0 Å². The molecule has 0 unspecified atom stereocenters. The molecule has 1 aromatic carbocycles. The van der Waals surface area contributed by atoms with Crippen molar-refractivity contribution in [1.82, 2.24) is 20.0 Å². The highest BCUT2D eigenvalue weighted by Gasteiger charge is 2.43. The molecular weight excluding hydrogens is 318 g/mol. The summed E-state index contributed by atoms with van der Waals surface area (Å²) in [4.78, 5) is 26.8. The van der Waals surface area contributed by atoms with Gasteiger partial charge in [0.15, 0.2) is 0 Å². The van der Waals surface area contributed by atoms with Crippen LogP contribution in [-0.4, -0.2) is 51.7 Å². The van der Waals surface area contributed by atoms with Gasteiger partial charge >= 0.3 is 0 Å². The Balaban J connectivity index is 1.40. The molecule has 0 aliphatic carbocycles. The lowest BCUT2D eigenvalue weighted by Gasteiger charge is -2.48. The van der Waals surface area contributed by atoms with Gasteiger partial charge in [-0.15, -0.1) is 0 Å². The maximum absolute atomic E-state index is 12.7. The summed E-state index contributed by atoms with van der Waals surface area (Å²) in [6.07, 6.45) is 2.64. The zero-order chi connectivity index (χ0) is 17.4.